The summed E-state index contributed by atoms with van der Waals surface area (Å²) in [6, 6.07) is -0.0187. The summed E-state index contributed by atoms with van der Waals surface area (Å²) in [7, 11) is 2.88. The molecule has 1 aliphatic carbocycles. The molecule has 2 bridgehead atoms. The number of aliphatic hydroxyl groups is 2. The number of primary amides is 1. The van der Waals surface area contributed by atoms with Crippen LogP contribution in [0.2, 0.25) is 0 Å². The molecule has 9 unspecified atom stereocenters. The number of fused-ring (bicyclic) bond motifs is 3. The number of carbonyl (C=O) groups is 7. The van der Waals surface area contributed by atoms with E-state index in [-0.39, 0.29) is 110 Å². The van der Waals surface area contributed by atoms with Gasteiger partial charge in [-0.05, 0) is 63.9 Å². The SMILES string of the molecule is COC1C=CC=C(C)C(=O)NC2=CC(=O)C(NCCCNC(=O)CCCN3C(=O)CC(SCC4CCN5CCC(CO)N=C5N4)C3=O)=C(CC(C)CC(OC)C(O)C(C)C=C(C)C1OC(N)=O)C2=O. The van der Waals surface area contributed by atoms with Crippen LogP contribution in [0.5, 0.6) is 0 Å². The molecule has 0 saturated carbocycles. The summed E-state index contributed by atoms with van der Waals surface area (Å²) in [6.07, 6.45) is 5.76. The number of amides is 5. The Morgan fingerprint density at radius 2 is 1.78 bits per heavy atom. The summed E-state index contributed by atoms with van der Waals surface area (Å²) in [6.45, 7) is 9.16. The lowest BCUT2D eigenvalue weighted by molar-refractivity contribution is -0.138. The third kappa shape index (κ3) is 15.1. The number of rotatable bonds is 16. The van der Waals surface area contributed by atoms with Crippen molar-refractivity contribution in [3.63, 3.8) is 0 Å². The number of aliphatic hydroxyl groups excluding tert-OH is 2. The molecule has 9 atom stereocenters. The van der Waals surface area contributed by atoms with Crippen LogP contribution < -0.4 is 27.0 Å². The molecule has 5 amide bonds. The molecule has 2 saturated heterocycles. The molecule has 0 radical (unpaired) electrons. The first-order valence-electron chi connectivity index (χ1n) is 23.7. The normalized spacial score (nSPS) is 28.5. The summed E-state index contributed by atoms with van der Waals surface area (Å²) in [5.41, 5.74) is 6.16. The zero-order valence-corrected chi connectivity index (χ0v) is 41.3. The van der Waals surface area contributed by atoms with Crippen LogP contribution in [0.3, 0.4) is 0 Å². The highest BCUT2D eigenvalue weighted by Crippen LogP contribution is 2.30. The number of hydrogen-bond acceptors (Lipinski definition) is 17. The first kappa shape index (κ1) is 54.6. The van der Waals surface area contributed by atoms with Crippen molar-refractivity contribution in [2.45, 2.75) is 121 Å². The van der Waals surface area contributed by atoms with Crippen LogP contribution in [0.15, 0.2) is 63.5 Å². The maximum Gasteiger partial charge on any atom is 0.405 e. The Balaban J connectivity index is 1.15. The van der Waals surface area contributed by atoms with Crippen LogP contribution in [-0.4, -0.2) is 168 Å². The number of guanidine groups is 1. The fraction of sp³-hybridized carbons (Fsp3) is 0.625. The van der Waals surface area contributed by atoms with E-state index in [1.807, 2.05) is 6.92 Å². The average molecular weight is 983 g/mol. The topological polar surface area (TPSA) is 281 Å². The fourth-order valence-corrected chi connectivity index (χ4v) is 10.2. The molecule has 0 aromatic heterocycles. The number of methoxy groups -OCH3 is 2. The van der Waals surface area contributed by atoms with Crippen molar-refractivity contribution in [2.75, 3.05) is 59.3 Å². The van der Waals surface area contributed by atoms with Crippen LogP contribution in [0.4, 0.5) is 4.79 Å². The molecule has 380 valence electrons. The van der Waals surface area contributed by atoms with Gasteiger partial charge >= 0.3 is 6.09 Å². The highest BCUT2D eigenvalue weighted by Gasteiger charge is 2.40. The number of carbonyl (C=O) groups excluding carboxylic acids is 7. The monoisotopic (exact) mass is 982 g/mol. The lowest BCUT2D eigenvalue weighted by Crippen LogP contribution is -2.56. The summed E-state index contributed by atoms with van der Waals surface area (Å²) >= 11 is 1.45. The van der Waals surface area contributed by atoms with Crippen molar-refractivity contribution in [3.05, 3.63) is 58.5 Å². The van der Waals surface area contributed by atoms with Crippen molar-refractivity contribution in [1.29, 1.82) is 0 Å². The summed E-state index contributed by atoms with van der Waals surface area (Å²) < 4.78 is 16.7. The van der Waals surface area contributed by atoms with Gasteiger partial charge in [0.1, 0.15) is 6.10 Å². The van der Waals surface area contributed by atoms with Crippen LogP contribution >= 0.6 is 11.8 Å². The van der Waals surface area contributed by atoms with E-state index in [4.69, 9.17) is 19.9 Å². The van der Waals surface area contributed by atoms with Gasteiger partial charge in [0.05, 0.1) is 41.5 Å². The van der Waals surface area contributed by atoms with Crippen LogP contribution in [0.25, 0.3) is 0 Å². The number of ether oxygens (including phenoxy) is 3. The molecule has 69 heavy (non-hydrogen) atoms. The predicted octanol–water partition coefficient (Wildman–Crippen LogP) is 1.28. The highest BCUT2D eigenvalue weighted by atomic mass is 32.2. The zero-order valence-electron chi connectivity index (χ0n) is 40.5. The Labute approximate surface area is 408 Å². The first-order chi connectivity index (χ1) is 32.9. The van der Waals surface area contributed by atoms with E-state index in [1.165, 1.54) is 50.0 Å². The standard InChI is InChI=1S/C48H70N8O12S/c1-27-20-33-41(51-16-9-15-50-39(59)12-8-17-56-40(60)24-38(46(56)64)69-26-32-14-19-55-18-13-31(25-57)52-48(55)53-32)35(58)23-34(43(33)62)54-45(63)28(2)10-7-11-36(66-5)44(68-47(49)65)30(4)22-29(3)42(61)37(21-27)67-6/h7,10-11,22-23,27,29,31-32,36-38,42,44,51,57,61H,8-9,12-21,24-26H2,1-6H3,(H2,49,65)(H,50,59)(H,52,53)(H,54,63). The first-order valence-corrected chi connectivity index (χ1v) is 24.7. The molecule has 4 aliphatic heterocycles. The molecule has 8 N–H and O–H groups in total. The van der Waals surface area contributed by atoms with Crippen molar-refractivity contribution in [3.8, 4) is 0 Å². The van der Waals surface area contributed by atoms with Crippen LogP contribution in [0.1, 0.15) is 79.1 Å². The Kier molecular flexibility index (Phi) is 20.6. The molecule has 2 fully saturated rings. The maximum atomic E-state index is 14.1. The molecular weight excluding hydrogens is 913 g/mol. The van der Waals surface area contributed by atoms with Gasteiger partial charge in [0.15, 0.2) is 12.1 Å². The van der Waals surface area contributed by atoms with Gasteiger partial charge in [-0.1, -0.05) is 38.2 Å². The molecule has 20 nitrogen and oxygen atoms in total. The molecule has 5 aliphatic rings. The Hall–Kier alpha value is -5.35. The molecule has 0 spiro atoms. The smallest absolute Gasteiger partial charge is 0.405 e. The van der Waals surface area contributed by atoms with Gasteiger partial charge in [0, 0.05) is 94.7 Å². The Morgan fingerprint density at radius 3 is 2.49 bits per heavy atom. The number of likely N-dealkylation sites (tertiary alicyclic amines) is 1. The number of aliphatic imine (C=N–C) groups is 1. The minimum absolute atomic E-state index is 0.00507. The third-order valence-electron chi connectivity index (χ3n) is 12.9. The van der Waals surface area contributed by atoms with Gasteiger partial charge in [0.2, 0.25) is 29.3 Å². The van der Waals surface area contributed by atoms with E-state index >= 15 is 0 Å². The number of Topliss-reactive ketones (excluding diaryl/α,β-unsaturated/α-hetero) is 1. The van der Waals surface area contributed by atoms with Gasteiger partial charge in [-0.25, -0.2) is 9.79 Å². The summed E-state index contributed by atoms with van der Waals surface area (Å²) in [5.74, 6) is -1.88. The maximum absolute atomic E-state index is 14.1. The van der Waals surface area contributed by atoms with E-state index in [9.17, 15) is 43.8 Å². The second-order valence-corrected chi connectivity index (χ2v) is 19.5. The van der Waals surface area contributed by atoms with E-state index < -0.39 is 59.2 Å². The second kappa shape index (κ2) is 26.0. The van der Waals surface area contributed by atoms with Gasteiger partial charge in [0.25, 0.3) is 5.91 Å². The van der Waals surface area contributed by atoms with Gasteiger partial charge in [-0.2, -0.15) is 0 Å². The zero-order chi connectivity index (χ0) is 50.4. The molecule has 4 heterocycles. The second-order valence-electron chi connectivity index (χ2n) is 18.3. The molecule has 0 aromatic carbocycles. The van der Waals surface area contributed by atoms with Crippen LogP contribution in [-0.2, 0) is 43.0 Å². The number of thioether (sulfide) groups is 1. The largest absolute Gasteiger partial charge is 0.439 e. The quantitative estimate of drug-likeness (QED) is 0.0497. The summed E-state index contributed by atoms with van der Waals surface area (Å²) in [4.78, 5) is 99.8. The van der Waals surface area contributed by atoms with Crippen molar-refractivity contribution < 1.29 is 58.0 Å². The third-order valence-corrected chi connectivity index (χ3v) is 14.3. The number of ketones is 2. The highest BCUT2D eigenvalue weighted by molar-refractivity contribution is 8.00. The van der Waals surface area contributed by atoms with Crippen LogP contribution in [0, 0.1) is 11.8 Å². The Bertz CT molecular complexity index is 2120. The van der Waals surface area contributed by atoms with E-state index in [2.05, 4.69) is 31.2 Å². The average Bonchev–Trinajstić information content (AvgIpc) is 3.59. The summed E-state index contributed by atoms with van der Waals surface area (Å²) in [5, 5.41) is 32.5. The number of allylic oxidation sites excluding steroid dienone is 4. The molecule has 5 rings (SSSR count). The van der Waals surface area contributed by atoms with Crippen molar-refractivity contribution >= 4 is 59.0 Å². The number of hydrogen-bond donors (Lipinski definition) is 7. The van der Waals surface area contributed by atoms with Crippen molar-refractivity contribution in [2.24, 2.45) is 22.6 Å². The lowest BCUT2D eigenvalue weighted by Gasteiger charge is -2.39. The number of nitrogens with two attached hydrogens (primary N) is 1. The number of nitrogens with zero attached hydrogens (tertiary/aromatic N) is 3. The van der Waals surface area contributed by atoms with E-state index in [1.54, 1.807) is 26.0 Å². The molecular formula is C48H70N8O12S. The molecule has 21 heteroatoms. The minimum atomic E-state index is -1.04. The minimum Gasteiger partial charge on any atom is -0.439 e. The Morgan fingerprint density at radius 1 is 1.03 bits per heavy atom. The van der Waals surface area contributed by atoms with Gasteiger partial charge in [-0.15, -0.1) is 11.8 Å². The lowest BCUT2D eigenvalue weighted by atomic mass is 9.85. The van der Waals surface area contributed by atoms with E-state index in [0.29, 0.717) is 24.2 Å². The van der Waals surface area contributed by atoms with Gasteiger partial charge < -0.3 is 56.3 Å². The molecule has 0 aromatic rings. The fourth-order valence-electron chi connectivity index (χ4n) is 8.94. The number of imide groups is 1. The number of nitrogens with one attached hydrogen (secondary N) is 4. The van der Waals surface area contributed by atoms with Gasteiger partial charge in [-0.3, -0.25) is 33.7 Å². The van der Waals surface area contributed by atoms with E-state index in [0.717, 1.165) is 38.0 Å². The van der Waals surface area contributed by atoms with Crippen molar-refractivity contribution in [1.82, 2.24) is 31.1 Å². The predicted molar refractivity (Wildman–Crippen MR) is 258 cm³/mol.